The van der Waals surface area contributed by atoms with Crippen LogP contribution in [0.1, 0.15) is 39.5 Å². The maximum absolute atomic E-state index is 5.57. The Hall–Kier alpha value is -0.120. The van der Waals surface area contributed by atoms with Gasteiger partial charge in [0.2, 0.25) is 0 Å². The highest BCUT2D eigenvalue weighted by molar-refractivity contribution is 4.84. The van der Waals surface area contributed by atoms with Gasteiger partial charge in [-0.15, -0.1) is 0 Å². The molecule has 2 aliphatic rings. The number of hydrogen-bond donors (Lipinski definition) is 1. The van der Waals surface area contributed by atoms with Gasteiger partial charge in [0.15, 0.2) is 0 Å². The molecule has 0 bridgehead atoms. The van der Waals surface area contributed by atoms with E-state index in [0.717, 1.165) is 25.7 Å². The Kier molecular flexibility index (Phi) is 5.26. The fourth-order valence-corrected chi connectivity index (χ4v) is 3.19. The molecule has 2 aliphatic heterocycles. The Morgan fingerprint density at radius 3 is 2.94 bits per heavy atom. The van der Waals surface area contributed by atoms with Gasteiger partial charge in [-0.3, -0.25) is 4.90 Å². The standard InChI is InChI=1S/C14H28N2O/c1-3-12-5-6-15-13(9-12)10-16-7-8-17-11-14(16)4-2/h12-15H,3-11H2,1-2H3. The van der Waals surface area contributed by atoms with E-state index in [1.807, 2.05) is 0 Å². The van der Waals surface area contributed by atoms with Gasteiger partial charge in [0.1, 0.15) is 0 Å². The van der Waals surface area contributed by atoms with Crippen LogP contribution in [-0.4, -0.2) is 49.8 Å². The Morgan fingerprint density at radius 1 is 1.29 bits per heavy atom. The molecule has 0 aliphatic carbocycles. The molecule has 3 unspecified atom stereocenters. The second kappa shape index (κ2) is 6.72. The molecule has 2 saturated heterocycles. The van der Waals surface area contributed by atoms with Crippen molar-refractivity contribution in [3.63, 3.8) is 0 Å². The molecular weight excluding hydrogens is 212 g/mol. The van der Waals surface area contributed by atoms with Gasteiger partial charge in [-0.25, -0.2) is 0 Å². The molecule has 2 heterocycles. The van der Waals surface area contributed by atoms with Gasteiger partial charge in [0.25, 0.3) is 0 Å². The van der Waals surface area contributed by atoms with Crippen LogP contribution in [0.15, 0.2) is 0 Å². The van der Waals surface area contributed by atoms with E-state index in [-0.39, 0.29) is 0 Å². The molecule has 3 atom stereocenters. The van der Waals surface area contributed by atoms with Crippen LogP contribution in [-0.2, 0) is 4.74 Å². The molecule has 0 aromatic carbocycles. The highest BCUT2D eigenvalue weighted by Crippen LogP contribution is 2.21. The summed E-state index contributed by atoms with van der Waals surface area (Å²) in [6, 6.07) is 1.36. The second-order valence-electron chi connectivity index (χ2n) is 5.58. The first-order valence-corrected chi connectivity index (χ1v) is 7.38. The summed E-state index contributed by atoms with van der Waals surface area (Å²) in [6.07, 6.45) is 5.29. The van der Waals surface area contributed by atoms with Crippen molar-refractivity contribution >= 4 is 0 Å². The van der Waals surface area contributed by atoms with E-state index < -0.39 is 0 Å². The van der Waals surface area contributed by atoms with Crippen LogP contribution in [0.4, 0.5) is 0 Å². The van der Waals surface area contributed by atoms with Crippen molar-refractivity contribution in [3.05, 3.63) is 0 Å². The normalized spacial score (nSPS) is 36.0. The molecule has 2 rings (SSSR count). The Morgan fingerprint density at radius 2 is 2.18 bits per heavy atom. The lowest BCUT2D eigenvalue weighted by atomic mass is 9.90. The lowest BCUT2D eigenvalue weighted by Crippen LogP contribution is -2.52. The first-order chi connectivity index (χ1) is 8.33. The predicted molar refractivity (Wildman–Crippen MR) is 71.3 cm³/mol. The van der Waals surface area contributed by atoms with Gasteiger partial charge < -0.3 is 10.1 Å². The van der Waals surface area contributed by atoms with Crippen molar-refractivity contribution in [2.45, 2.75) is 51.6 Å². The molecule has 3 nitrogen and oxygen atoms in total. The van der Waals surface area contributed by atoms with Crippen LogP contribution in [0.5, 0.6) is 0 Å². The number of ether oxygens (including phenoxy) is 1. The number of hydrogen-bond acceptors (Lipinski definition) is 3. The zero-order chi connectivity index (χ0) is 12.1. The summed E-state index contributed by atoms with van der Waals surface area (Å²) < 4.78 is 5.57. The van der Waals surface area contributed by atoms with Crippen molar-refractivity contribution < 1.29 is 4.74 Å². The van der Waals surface area contributed by atoms with Crippen molar-refractivity contribution in [1.29, 1.82) is 0 Å². The Balaban J connectivity index is 1.81. The third kappa shape index (κ3) is 3.67. The van der Waals surface area contributed by atoms with Crippen molar-refractivity contribution in [1.82, 2.24) is 10.2 Å². The molecule has 0 saturated carbocycles. The van der Waals surface area contributed by atoms with E-state index in [2.05, 4.69) is 24.1 Å². The Labute approximate surface area is 106 Å². The van der Waals surface area contributed by atoms with Gasteiger partial charge in [-0.2, -0.15) is 0 Å². The SMILES string of the molecule is CCC1CCNC(CN2CCOCC2CC)C1. The summed E-state index contributed by atoms with van der Waals surface area (Å²) in [5.74, 6) is 0.947. The van der Waals surface area contributed by atoms with Gasteiger partial charge >= 0.3 is 0 Å². The fourth-order valence-electron chi connectivity index (χ4n) is 3.19. The van der Waals surface area contributed by atoms with Crippen molar-refractivity contribution in [2.24, 2.45) is 5.92 Å². The quantitative estimate of drug-likeness (QED) is 0.812. The van der Waals surface area contributed by atoms with Crippen LogP contribution in [0.25, 0.3) is 0 Å². The number of morpholine rings is 1. The molecule has 0 spiro atoms. The minimum absolute atomic E-state index is 0.646. The minimum atomic E-state index is 0.646. The van der Waals surface area contributed by atoms with E-state index >= 15 is 0 Å². The molecule has 2 fully saturated rings. The fraction of sp³-hybridized carbons (Fsp3) is 1.00. The third-order valence-electron chi connectivity index (χ3n) is 4.46. The summed E-state index contributed by atoms with van der Waals surface area (Å²) in [7, 11) is 0. The maximum Gasteiger partial charge on any atom is 0.0622 e. The largest absolute Gasteiger partial charge is 0.378 e. The van der Waals surface area contributed by atoms with E-state index in [1.165, 1.54) is 38.8 Å². The van der Waals surface area contributed by atoms with Crippen molar-refractivity contribution in [3.8, 4) is 0 Å². The number of piperidine rings is 1. The van der Waals surface area contributed by atoms with E-state index in [0.29, 0.717) is 12.1 Å². The van der Waals surface area contributed by atoms with E-state index in [4.69, 9.17) is 4.74 Å². The highest BCUT2D eigenvalue weighted by atomic mass is 16.5. The van der Waals surface area contributed by atoms with E-state index in [9.17, 15) is 0 Å². The van der Waals surface area contributed by atoms with Crippen LogP contribution < -0.4 is 5.32 Å². The zero-order valence-corrected chi connectivity index (χ0v) is 11.5. The summed E-state index contributed by atoms with van der Waals surface area (Å²) in [5.41, 5.74) is 0. The molecule has 1 N–H and O–H groups in total. The maximum atomic E-state index is 5.57. The summed E-state index contributed by atoms with van der Waals surface area (Å²) in [5, 5.41) is 3.69. The van der Waals surface area contributed by atoms with Gasteiger partial charge in [0, 0.05) is 25.2 Å². The van der Waals surface area contributed by atoms with Crippen LogP contribution in [0.2, 0.25) is 0 Å². The molecule has 17 heavy (non-hydrogen) atoms. The second-order valence-corrected chi connectivity index (χ2v) is 5.58. The van der Waals surface area contributed by atoms with E-state index in [1.54, 1.807) is 0 Å². The zero-order valence-electron chi connectivity index (χ0n) is 11.5. The van der Waals surface area contributed by atoms with Crippen LogP contribution in [0.3, 0.4) is 0 Å². The highest BCUT2D eigenvalue weighted by Gasteiger charge is 2.27. The lowest BCUT2D eigenvalue weighted by molar-refractivity contribution is -0.0148. The first kappa shape index (κ1) is 13.3. The molecule has 0 aromatic rings. The molecule has 0 aromatic heterocycles. The lowest BCUT2D eigenvalue weighted by Gasteiger charge is -2.39. The number of rotatable bonds is 4. The third-order valence-corrected chi connectivity index (χ3v) is 4.46. The summed E-state index contributed by atoms with van der Waals surface area (Å²) >= 11 is 0. The molecule has 0 radical (unpaired) electrons. The number of nitrogens with one attached hydrogen (secondary N) is 1. The molecule has 3 heteroatoms. The minimum Gasteiger partial charge on any atom is -0.378 e. The van der Waals surface area contributed by atoms with Gasteiger partial charge in [-0.05, 0) is 31.7 Å². The van der Waals surface area contributed by atoms with Gasteiger partial charge in [-0.1, -0.05) is 20.3 Å². The Bertz CT molecular complexity index is 222. The molecule has 0 amide bonds. The summed E-state index contributed by atoms with van der Waals surface area (Å²) in [4.78, 5) is 2.64. The predicted octanol–water partition coefficient (Wildman–Crippen LogP) is 1.88. The average molecular weight is 240 g/mol. The topological polar surface area (TPSA) is 24.5 Å². The average Bonchev–Trinajstić information content (AvgIpc) is 2.39. The summed E-state index contributed by atoms with van der Waals surface area (Å²) in [6.45, 7) is 10.0. The van der Waals surface area contributed by atoms with Crippen LogP contribution >= 0.6 is 0 Å². The van der Waals surface area contributed by atoms with Crippen molar-refractivity contribution in [2.75, 3.05) is 32.8 Å². The van der Waals surface area contributed by atoms with Crippen LogP contribution in [0, 0.1) is 5.92 Å². The first-order valence-electron chi connectivity index (χ1n) is 7.38. The molecule has 100 valence electrons. The smallest absolute Gasteiger partial charge is 0.0622 e. The monoisotopic (exact) mass is 240 g/mol. The number of nitrogens with zero attached hydrogens (tertiary/aromatic N) is 1. The van der Waals surface area contributed by atoms with Gasteiger partial charge in [0.05, 0.1) is 13.2 Å². The molecular formula is C14H28N2O.